The lowest BCUT2D eigenvalue weighted by Gasteiger charge is -2.21. The second-order valence-corrected chi connectivity index (χ2v) is 4.53. The normalized spacial score (nSPS) is 11.3. The zero-order valence-electron chi connectivity index (χ0n) is 9.80. The maximum Gasteiger partial charge on any atom is 0.231 e. The third-order valence-electron chi connectivity index (χ3n) is 2.50. The van der Waals surface area contributed by atoms with Gasteiger partial charge in [0.05, 0.1) is 11.1 Å². The van der Waals surface area contributed by atoms with E-state index in [0.29, 0.717) is 0 Å². The van der Waals surface area contributed by atoms with Gasteiger partial charge in [0.15, 0.2) is 0 Å². The van der Waals surface area contributed by atoms with E-state index in [2.05, 4.69) is 5.32 Å². The molecule has 0 aromatic heterocycles. The molecule has 4 heteroatoms. The molecule has 0 bridgehead atoms. The Bertz CT molecular complexity index is 402. The molecule has 0 aliphatic rings. The molecule has 1 aromatic rings. The standard InChI is InChI=1S/C12H17FN2O/c1-8-4-5-9(13)10(6-8)15-11(16)12(2,3)7-14/h4-6H,7,14H2,1-3H3,(H,15,16). The number of nitrogens with one attached hydrogen (secondary N) is 1. The van der Waals surface area contributed by atoms with Crippen molar-refractivity contribution in [2.45, 2.75) is 20.8 Å². The van der Waals surface area contributed by atoms with Gasteiger partial charge in [-0.15, -0.1) is 0 Å². The molecular weight excluding hydrogens is 207 g/mol. The summed E-state index contributed by atoms with van der Waals surface area (Å²) in [5.41, 5.74) is 5.87. The molecule has 0 aliphatic carbocycles. The molecule has 0 atom stereocenters. The minimum absolute atomic E-state index is 0.200. The Hall–Kier alpha value is -1.42. The topological polar surface area (TPSA) is 55.1 Å². The van der Waals surface area contributed by atoms with Gasteiger partial charge in [0.25, 0.3) is 0 Å². The fourth-order valence-corrected chi connectivity index (χ4v) is 1.12. The molecule has 0 aliphatic heterocycles. The molecule has 1 amide bonds. The van der Waals surface area contributed by atoms with E-state index in [1.807, 2.05) is 6.92 Å². The Labute approximate surface area is 94.8 Å². The van der Waals surface area contributed by atoms with E-state index < -0.39 is 11.2 Å². The second kappa shape index (κ2) is 4.61. The average molecular weight is 224 g/mol. The van der Waals surface area contributed by atoms with E-state index in [0.717, 1.165) is 5.56 Å². The summed E-state index contributed by atoms with van der Waals surface area (Å²) in [5, 5.41) is 2.55. The van der Waals surface area contributed by atoms with Gasteiger partial charge in [-0.05, 0) is 38.5 Å². The number of hydrogen-bond acceptors (Lipinski definition) is 2. The van der Waals surface area contributed by atoms with Crippen LogP contribution in [-0.2, 0) is 4.79 Å². The molecule has 0 heterocycles. The van der Waals surface area contributed by atoms with Crippen LogP contribution in [0.3, 0.4) is 0 Å². The summed E-state index contributed by atoms with van der Waals surface area (Å²) in [7, 11) is 0. The van der Waals surface area contributed by atoms with E-state index in [1.165, 1.54) is 6.07 Å². The molecule has 88 valence electrons. The number of carbonyl (C=O) groups is 1. The first-order chi connectivity index (χ1) is 7.36. The first kappa shape index (κ1) is 12.6. The van der Waals surface area contributed by atoms with Crippen molar-refractivity contribution in [3.8, 4) is 0 Å². The van der Waals surface area contributed by atoms with Gasteiger partial charge < -0.3 is 11.1 Å². The number of rotatable bonds is 3. The highest BCUT2D eigenvalue weighted by atomic mass is 19.1. The Morgan fingerprint density at radius 2 is 2.12 bits per heavy atom. The number of hydrogen-bond donors (Lipinski definition) is 2. The summed E-state index contributed by atoms with van der Waals surface area (Å²) in [4.78, 5) is 11.8. The fourth-order valence-electron chi connectivity index (χ4n) is 1.12. The Kier molecular flexibility index (Phi) is 3.65. The molecule has 0 fully saturated rings. The molecule has 0 unspecified atom stereocenters. The van der Waals surface area contributed by atoms with Crippen LogP contribution >= 0.6 is 0 Å². The van der Waals surface area contributed by atoms with Crippen molar-refractivity contribution in [2.24, 2.45) is 11.1 Å². The Balaban J connectivity index is 2.89. The minimum atomic E-state index is -0.698. The molecule has 0 saturated carbocycles. The van der Waals surface area contributed by atoms with Gasteiger partial charge >= 0.3 is 0 Å². The quantitative estimate of drug-likeness (QED) is 0.825. The lowest BCUT2D eigenvalue weighted by molar-refractivity contribution is -0.123. The number of anilines is 1. The highest BCUT2D eigenvalue weighted by molar-refractivity contribution is 5.95. The lowest BCUT2D eigenvalue weighted by Crippen LogP contribution is -2.37. The third kappa shape index (κ3) is 2.79. The summed E-state index contributed by atoms with van der Waals surface area (Å²) >= 11 is 0. The van der Waals surface area contributed by atoms with Crippen molar-refractivity contribution in [3.63, 3.8) is 0 Å². The third-order valence-corrected chi connectivity index (χ3v) is 2.50. The van der Waals surface area contributed by atoms with E-state index in [4.69, 9.17) is 5.73 Å². The van der Waals surface area contributed by atoms with Gasteiger partial charge in [0.1, 0.15) is 5.82 Å². The molecular formula is C12H17FN2O. The van der Waals surface area contributed by atoms with Gasteiger partial charge in [0.2, 0.25) is 5.91 Å². The lowest BCUT2D eigenvalue weighted by atomic mass is 9.92. The molecule has 1 aromatic carbocycles. The summed E-state index contributed by atoms with van der Waals surface area (Å²) < 4.78 is 13.4. The van der Waals surface area contributed by atoms with Crippen molar-refractivity contribution >= 4 is 11.6 Å². The molecule has 1 rings (SSSR count). The van der Waals surface area contributed by atoms with Gasteiger partial charge in [-0.25, -0.2) is 4.39 Å². The molecule has 0 spiro atoms. The molecule has 3 N–H and O–H groups in total. The van der Waals surface area contributed by atoms with Gasteiger partial charge in [0, 0.05) is 6.54 Å². The summed E-state index contributed by atoms with van der Waals surface area (Å²) in [6, 6.07) is 4.58. The van der Waals surface area contributed by atoms with E-state index in [-0.39, 0.29) is 18.1 Å². The zero-order valence-corrected chi connectivity index (χ0v) is 9.80. The van der Waals surface area contributed by atoms with Crippen molar-refractivity contribution in [1.82, 2.24) is 0 Å². The highest BCUT2D eigenvalue weighted by Gasteiger charge is 2.26. The van der Waals surface area contributed by atoms with Crippen LogP contribution in [0.2, 0.25) is 0 Å². The van der Waals surface area contributed by atoms with Crippen molar-refractivity contribution < 1.29 is 9.18 Å². The minimum Gasteiger partial charge on any atom is -0.329 e. The van der Waals surface area contributed by atoms with E-state index >= 15 is 0 Å². The maximum atomic E-state index is 13.4. The van der Waals surface area contributed by atoms with Crippen LogP contribution in [0.5, 0.6) is 0 Å². The van der Waals surface area contributed by atoms with Crippen LogP contribution in [-0.4, -0.2) is 12.5 Å². The number of halogens is 1. The van der Waals surface area contributed by atoms with Gasteiger partial charge in [-0.3, -0.25) is 4.79 Å². The summed E-state index contributed by atoms with van der Waals surface area (Å²) in [5.74, 6) is -0.716. The summed E-state index contributed by atoms with van der Waals surface area (Å²) in [6.07, 6.45) is 0. The van der Waals surface area contributed by atoms with Gasteiger partial charge in [-0.1, -0.05) is 6.07 Å². The van der Waals surface area contributed by atoms with Crippen molar-refractivity contribution in [3.05, 3.63) is 29.6 Å². The smallest absolute Gasteiger partial charge is 0.231 e. The van der Waals surface area contributed by atoms with E-state index in [1.54, 1.807) is 26.0 Å². The number of aryl methyl sites for hydroxylation is 1. The largest absolute Gasteiger partial charge is 0.329 e. The van der Waals surface area contributed by atoms with Gasteiger partial charge in [-0.2, -0.15) is 0 Å². The Morgan fingerprint density at radius 1 is 1.50 bits per heavy atom. The van der Waals surface area contributed by atoms with Crippen molar-refractivity contribution in [2.75, 3.05) is 11.9 Å². The average Bonchev–Trinajstić information content (AvgIpc) is 2.23. The Morgan fingerprint density at radius 3 is 2.69 bits per heavy atom. The number of nitrogens with two attached hydrogens (primary N) is 1. The van der Waals surface area contributed by atoms with Crippen LogP contribution in [0.15, 0.2) is 18.2 Å². The second-order valence-electron chi connectivity index (χ2n) is 4.53. The maximum absolute atomic E-state index is 13.4. The predicted octanol–water partition coefficient (Wildman–Crippen LogP) is 2.06. The van der Waals surface area contributed by atoms with Crippen LogP contribution in [0, 0.1) is 18.2 Å². The number of carbonyl (C=O) groups excluding carboxylic acids is 1. The SMILES string of the molecule is Cc1ccc(F)c(NC(=O)C(C)(C)CN)c1. The van der Waals surface area contributed by atoms with Crippen LogP contribution in [0.4, 0.5) is 10.1 Å². The first-order valence-electron chi connectivity index (χ1n) is 5.14. The monoisotopic (exact) mass is 224 g/mol. The summed E-state index contributed by atoms with van der Waals surface area (Å²) in [6.45, 7) is 5.49. The van der Waals surface area contributed by atoms with Crippen LogP contribution < -0.4 is 11.1 Å². The van der Waals surface area contributed by atoms with Crippen molar-refractivity contribution in [1.29, 1.82) is 0 Å². The molecule has 0 saturated heterocycles. The number of benzene rings is 1. The molecule has 16 heavy (non-hydrogen) atoms. The van der Waals surface area contributed by atoms with Crippen LogP contribution in [0.1, 0.15) is 19.4 Å². The first-order valence-corrected chi connectivity index (χ1v) is 5.14. The molecule has 0 radical (unpaired) electrons. The van der Waals surface area contributed by atoms with E-state index in [9.17, 15) is 9.18 Å². The zero-order chi connectivity index (χ0) is 12.3. The van der Waals surface area contributed by atoms with Crippen LogP contribution in [0.25, 0.3) is 0 Å². The molecule has 3 nitrogen and oxygen atoms in total. The predicted molar refractivity (Wildman–Crippen MR) is 62.6 cm³/mol. The fraction of sp³-hybridized carbons (Fsp3) is 0.417. The highest BCUT2D eigenvalue weighted by Crippen LogP contribution is 2.20. The number of amides is 1.